The van der Waals surface area contributed by atoms with Crippen LogP contribution in [-0.4, -0.2) is 22.3 Å². The van der Waals surface area contributed by atoms with Gasteiger partial charge in [0.05, 0.1) is 0 Å². The van der Waals surface area contributed by atoms with Crippen molar-refractivity contribution >= 4 is 13.1 Å². The van der Waals surface area contributed by atoms with Gasteiger partial charge in [-0.25, -0.2) is 0 Å². The normalized spacial score (nSPS) is 11.8. The lowest BCUT2D eigenvalue weighted by molar-refractivity contribution is -0.141. The Morgan fingerprint density at radius 2 is 2.17 bits per heavy atom. The molecule has 0 spiro atoms. The summed E-state index contributed by atoms with van der Waals surface area (Å²) in [5, 5.41) is 11.8. The molecule has 12 heavy (non-hydrogen) atoms. The second-order valence-corrected chi connectivity index (χ2v) is 2.30. The topological polar surface area (TPSA) is 38.0 Å². The Labute approximate surface area is 67.1 Å². The zero-order valence-corrected chi connectivity index (χ0v) is 6.26. The van der Waals surface area contributed by atoms with Gasteiger partial charge in [0.25, 0.3) is 0 Å². The van der Waals surface area contributed by atoms with Gasteiger partial charge in [0.1, 0.15) is 0 Å². The fraction of sp³-hybridized carbons (Fsp3) is 0.400. The molecule has 7 heteroatoms. The summed E-state index contributed by atoms with van der Waals surface area (Å²) in [5.74, 6) is 0. The van der Waals surface area contributed by atoms with Crippen LogP contribution in [0.5, 0.6) is 0 Å². The Hall–Kier alpha value is -0.975. The van der Waals surface area contributed by atoms with Crippen molar-refractivity contribution in [1.82, 2.24) is 9.78 Å². The number of hydrogen-bond donors (Lipinski definition) is 1. The molecular weight excluding hydrogens is 172 g/mol. The number of halogens is 3. The third kappa shape index (κ3) is 1.61. The van der Waals surface area contributed by atoms with E-state index in [2.05, 4.69) is 5.10 Å². The van der Waals surface area contributed by atoms with E-state index < -0.39 is 19.4 Å². The highest BCUT2D eigenvalue weighted by Gasteiger charge is 2.34. The lowest BCUT2D eigenvalue weighted by Crippen LogP contribution is -2.21. The molecule has 0 amide bonds. The van der Waals surface area contributed by atoms with Crippen LogP contribution in [0.25, 0.3) is 0 Å². The molecule has 1 N–H and O–H groups in total. The smallest absolute Gasteiger partial charge is 0.435 e. The molecule has 0 saturated heterocycles. The van der Waals surface area contributed by atoms with Crippen LogP contribution in [0, 0.1) is 0 Å². The molecule has 0 aliphatic rings. The summed E-state index contributed by atoms with van der Waals surface area (Å²) in [5.41, 5.74) is -0.837. The van der Waals surface area contributed by atoms with Crippen LogP contribution in [0.2, 0.25) is 0 Å². The van der Waals surface area contributed by atoms with Crippen LogP contribution in [-0.2, 0) is 13.2 Å². The third-order valence-corrected chi connectivity index (χ3v) is 1.43. The van der Waals surface area contributed by atoms with E-state index in [0.29, 0.717) is 0 Å². The first-order valence-corrected chi connectivity index (χ1v) is 3.16. The van der Waals surface area contributed by atoms with Crippen molar-refractivity contribution in [3.05, 3.63) is 11.8 Å². The van der Waals surface area contributed by atoms with Crippen LogP contribution in [0.1, 0.15) is 5.69 Å². The van der Waals surface area contributed by atoms with Crippen molar-refractivity contribution in [2.24, 2.45) is 7.05 Å². The Morgan fingerprint density at radius 1 is 1.58 bits per heavy atom. The lowest BCUT2D eigenvalue weighted by Gasteiger charge is -1.99. The zero-order chi connectivity index (χ0) is 9.35. The van der Waals surface area contributed by atoms with Crippen LogP contribution in [0.4, 0.5) is 13.2 Å². The van der Waals surface area contributed by atoms with Gasteiger partial charge in [-0.15, -0.1) is 0 Å². The SMILES string of the molecule is Cn1nc(C(F)(F)F)cc1BO. The van der Waals surface area contributed by atoms with Gasteiger partial charge in [-0.3, -0.25) is 4.68 Å². The van der Waals surface area contributed by atoms with Crippen molar-refractivity contribution in [2.45, 2.75) is 6.18 Å². The molecule has 1 aromatic rings. The number of aryl methyl sites for hydroxylation is 1. The maximum Gasteiger partial charge on any atom is 0.435 e. The van der Waals surface area contributed by atoms with Crippen molar-refractivity contribution in [3.8, 4) is 0 Å². The van der Waals surface area contributed by atoms with Gasteiger partial charge >= 0.3 is 13.7 Å². The van der Waals surface area contributed by atoms with E-state index in [1.165, 1.54) is 7.05 Å². The molecule has 0 aliphatic heterocycles. The lowest BCUT2D eigenvalue weighted by atomic mass is 9.96. The first-order valence-electron chi connectivity index (χ1n) is 3.16. The number of alkyl halides is 3. The van der Waals surface area contributed by atoms with Gasteiger partial charge in [-0.1, -0.05) is 0 Å². The van der Waals surface area contributed by atoms with Crippen molar-refractivity contribution in [3.63, 3.8) is 0 Å². The molecule has 0 unspecified atom stereocenters. The van der Waals surface area contributed by atoms with Gasteiger partial charge in [0.2, 0.25) is 0 Å². The predicted octanol–water partition coefficient (Wildman–Crippen LogP) is -0.592. The minimum atomic E-state index is -4.44. The summed E-state index contributed by atoms with van der Waals surface area (Å²) in [6.45, 7) is 0. The molecule has 1 aromatic heterocycles. The first-order chi connectivity index (χ1) is 5.45. The molecule has 1 rings (SSSR count). The Morgan fingerprint density at radius 3 is 2.42 bits per heavy atom. The van der Waals surface area contributed by atoms with Crippen LogP contribution in [0.15, 0.2) is 6.07 Å². The number of aromatic nitrogens is 2. The van der Waals surface area contributed by atoms with E-state index in [0.717, 1.165) is 10.7 Å². The first kappa shape index (κ1) is 9.12. The molecule has 1 heterocycles. The van der Waals surface area contributed by atoms with Crippen molar-refractivity contribution in [1.29, 1.82) is 0 Å². The molecule has 0 radical (unpaired) electrons. The summed E-state index contributed by atoms with van der Waals surface area (Å²) < 4.78 is 36.9. The monoisotopic (exact) mass is 178 g/mol. The summed E-state index contributed by atoms with van der Waals surface area (Å²) >= 11 is 0. The third-order valence-electron chi connectivity index (χ3n) is 1.43. The molecule has 0 bridgehead atoms. The fourth-order valence-electron chi connectivity index (χ4n) is 0.792. The molecule has 0 fully saturated rings. The second kappa shape index (κ2) is 2.82. The fourth-order valence-corrected chi connectivity index (χ4v) is 0.792. The van der Waals surface area contributed by atoms with E-state index in [-0.39, 0.29) is 5.59 Å². The maximum atomic E-state index is 12.0. The average Bonchev–Trinajstić information content (AvgIpc) is 2.29. The van der Waals surface area contributed by atoms with E-state index in [4.69, 9.17) is 5.02 Å². The Bertz CT molecular complexity index is 283. The molecule has 0 aliphatic carbocycles. The minimum Gasteiger partial charge on any atom is -0.448 e. The highest BCUT2D eigenvalue weighted by molar-refractivity contribution is 6.44. The standard InChI is InChI=1S/C5H6BF3N2O/c1-11-4(6-12)2-3(10-11)5(7,8)9/h2,6,12H,1H3. The van der Waals surface area contributed by atoms with E-state index in [1.807, 2.05) is 0 Å². The van der Waals surface area contributed by atoms with E-state index >= 15 is 0 Å². The largest absolute Gasteiger partial charge is 0.448 e. The predicted molar refractivity (Wildman–Crippen MR) is 37.2 cm³/mol. The van der Waals surface area contributed by atoms with Crippen LogP contribution >= 0.6 is 0 Å². The number of rotatable bonds is 1. The van der Waals surface area contributed by atoms with E-state index in [9.17, 15) is 13.2 Å². The summed E-state index contributed by atoms with van der Waals surface area (Å²) in [6, 6.07) is 0.819. The zero-order valence-electron chi connectivity index (χ0n) is 6.26. The molecule has 3 nitrogen and oxygen atoms in total. The van der Waals surface area contributed by atoms with Gasteiger partial charge in [-0.05, 0) is 6.07 Å². The molecule has 0 aromatic carbocycles. The van der Waals surface area contributed by atoms with E-state index in [1.54, 1.807) is 0 Å². The summed E-state index contributed by atoms with van der Waals surface area (Å²) in [6.07, 6.45) is -4.44. The maximum absolute atomic E-state index is 12.0. The van der Waals surface area contributed by atoms with Gasteiger partial charge in [-0.2, -0.15) is 18.3 Å². The second-order valence-electron chi connectivity index (χ2n) is 2.30. The van der Waals surface area contributed by atoms with Gasteiger partial charge in [0, 0.05) is 12.6 Å². The summed E-state index contributed by atoms with van der Waals surface area (Å²) in [4.78, 5) is 0. The van der Waals surface area contributed by atoms with Gasteiger partial charge in [0.15, 0.2) is 5.69 Å². The molecule has 0 saturated carbocycles. The minimum absolute atomic E-state index is 0.141. The average molecular weight is 178 g/mol. The van der Waals surface area contributed by atoms with Gasteiger partial charge < -0.3 is 5.02 Å². The molecule has 0 atom stereocenters. The quantitative estimate of drug-likeness (QED) is 0.583. The number of nitrogens with zero attached hydrogens (tertiary/aromatic N) is 2. The Kier molecular flexibility index (Phi) is 2.14. The van der Waals surface area contributed by atoms with Crippen molar-refractivity contribution < 1.29 is 18.2 Å². The number of hydrogen-bond acceptors (Lipinski definition) is 2. The van der Waals surface area contributed by atoms with Crippen LogP contribution < -0.4 is 5.59 Å². The molecular formula is C5H6BF3N2O. The van der Waals surface area contributed by atoms with Crippen LogP contribution in [0.3, 0.4) is 0 Å². The highest BCUT2D eigenvalue weighted by Crippen LogP contribution is 2.26. The van der Waals surface area contributed by atoms with Crippen molar-refractivity contribution in [2.75, 3.05) is 0 Å². The summed E-state index contributed by atoms with van der Waals surface area (Å²) in [7, 11) is 0.903. The molecule has 66 valence electrons. The Balaban J connectivity index is 3.05. The highest BCUT2D eigenvalue weighted by atomic mass is 19.4.